The molecule has 0 aliphatic carbocycles. The zero-order valence-corrected chi connectivity index (χ0v) is 14.1. The predicted molar refractivity (Wildman–Crippen MR) is 89.6 cm³/mol. The van der Waals surface area contributed by atoms with Gasteiger partial charge in [-0.2, -0.15) is 0 Å². The normalized spacial score (nSPS) is 11.9. The van der Waals surface area contributed by atoms with E-state index in [2.05, 4.69) is 5.32 Å². The average Bonchev–Trinajstić information content (AvgIpc) is 2.52. The van der Waals surface area contributed by atoms with Gasteiger partial charge >= 0.3 is 0 Å². The van der Waals surface area contributed by atoms with Crippen molar-refractivity contribution in [2.45, 2.75) is 26.3 Å². The summed E-state index contributed by atoms with van der Waals surface area (Å²) in [6.45, 7) is 3.90. The first-order chi connectivity index (χ1) is 11.0. The third-order valence-corrected chi connectivity index (χ3v) is 3.95. The van der Waals surface area contributed by atoms with Crippen LogP contribution >= 0.6 is 11.6 Å². The minimum atomic E-state index is -0.629. The van der Waals surface area contributed by atoms with Crippen LogP contribution in [0.3, 0.4) is 0 Å². The highest BCUT2D eigenvalue weighted by molar-refractivity contribution is 6.30. The Bertz CT molecular complexity index is 718. The van der Waals surface area contributed by atoms with Crippen LogP contribution in [0.5, 0.6) is 5.75 Å². The molecule has 23 heavy (non-hydrogen) atoms. The molecular weight excluding hydrogens is 317 g/mol. The lowest BCUT2D eigenvalue weighted by Crippen LogP contribution is -2.29. The maximum Gasteiger partial charge on any atom is 0.254 e. The van der Waals surface area contributed by atoms with Crippen molar-refractivity contribution in [1.82, 2.24) is 5.32 Å². The van der Waals surface area contributed by atoms with Crippen LogP contribution in [0, 0.1) is 12.7 Å². The predicted octanol–water partition coefficient (Wildman–Crippen LogP) is 4.68. The number of carbonyl (C=O) groups is 1. The summed E-state index contributed by atoms with van der Waals surface area (Å²) in [5.41, 5.74) is 1.92. The molecule has 0 radical (unpaired) electrons. The molecule has 0 fully saturated rings. The van der Waals surface area contributed by atoms with Gasteiger partial charge < -0.3 is 10.1 Å². The van der Waals surface area contributed by atoms with Crippen LogP contribution in [0.1, 0.15) is 40.9 Å². The summed E-state index contributed by atoms with van der Waals surface area (Å²) >= 11 is 5.71. The van der Waals surface area contributed by atoms with E-state index in [1.54, 1.807) is 7.11 Å². The van der Waals surface area contributed by atoms with Crippen LogP contribution in [0.15, 0.2) is 36.4 Å². The van der Waals surface area contributed by atoms with Gasteiger partial charge in [-0.1, -0.05) is 30.7 Å². The van der Waals surface area contributed by atoms with E-state index in [4.69, 9.17) is 16.3 Å². The van der Waals surface area contributed by atoms with Crippen LogP contribution in [0.25, 0.3) is 0 Å². The second kappa shape index (κ2) is 7.47. The Morgan fingerprint density at radius 2 is 2.04 bits per heavy atom. The number of amides is 1. The van der Waals surface area contributed by atoms with Crippen LogP contribution in [-0.4, -0.2) is 13.0 Å². The van der Waals surface area contributed by atoms with Crippen LogP contribution in [0.2, 0.25) is 5.02 Å². The highest BCUT2D eigenvalue weighted by atomic mass is 35.5. The maximum absolute atomic E-state index is 13.9. The Labute approximate surface area is 140 Å². The van der Waals surface area contributed by atoms with E-state index in [0.717, 1.165) is 22.9 Å². The number of carbonyl (C=O) groups excluding carboxylic acids is 1. The minimum Gasteiger partial charge on any atom is -0.496 e. The molecule has 0 aliphatic heterocycles. The van der Waals surface area contributed by atoms with Crippen molar-refractivity contribution in [3.05, 3.63) is 63.9 Å². The number of methoxy groups -OCH3 is 1. The Morgan fingerprint density at radius 1 is 1.30 bits per heavy atom. The SMILES string of the molecule is CC[C@H](NC(=O)c1ccc(Cl)cc1F)c1ccc(OC)c(C)c1. The second-order valence-corrected chi connectivity index (χ2v) is 5.72. The van der Waals surface area contributed by atoms with E-state index in [-0.39, 0.29) is 16.6 Å². The molecule has 122 valence electrons. The molecule has 2 rings (SSSR count). The van der Waals surface area contributed by atoms with Gasteiger partial charge in [0.15, 0.2) is 0 Å². The largest absolute Gasteiger partial charge is 0.496 e. The van der Waals surface area contributed by atoms with Crippen molar-refractivity contribution < 1.29 is 13.9 Å². The van der Waals surface area contributed by atoms with Gasteiger partial charge in [-0.05, 0) is 48.7 Å². The number of benzene rings is 2. The number of hydrogen-bond donors (Lipinski definition) is 1. The van der Waals surface area contributed by atoms with E-state index >= 15 is 0 Å². The number of ether oxygens (including phenoxy) is 1. The molecule has 1 amide bonds. The van der Waals surface area contributed by atoms with E-state index < -0.39 is 11.7 Å². The fourth-order valence-corrected chi connectivity index (χ4v) is 2.61. The Balaban J connectivity index is 2.21. The molecule has 0 heterocycles. The molecule has 0 aromatic heterocycles. The van der Waals surface area contributed by atoms with Crippen LogP contribution in [0.4, 0.5) is 4.39 Å². The van der Waals surface area contributed by atoms with Crippen molar-refractivity contribution in [3.63, 3.8) is 0 Å². The molecule has 1 N–H and O–H groups in total. The Morgan fingerprint density at radius 3 is 2.61 bits per heavy atom. The Kier molecular flexibility index (Phi) is 5.61. The van der Waals surface area contributed by atoms with Crippen LogP contribution in [-0.2, 0) is 0 Å². The topological polar surface area (TPSA) is 38.3 Å². The molecule has 3 nitrogen and oxygen atoms in total. The number of nitrogens with one attached hydrogen (secondary N) is 1. The van der Waals surface area contributed by atoms with Gasteiger partial charge in [0, 0.05) is 5.02 Å². The monoisotopic (exact) mass is 335 g/mol. The average molecular weight is 336 g/mol. The first kappa shape index (κ1) is 17.3. The lowest BCUT2D eigenvalue weighted by molar-refractivity contribution is 0.0931. The first-order valence-corrected chi connectivity index (χ1v) is 7.74. The fourth-order valence-electron chi connectivity index (χ4n) is 2.45. The standard InChI is InChI=1S/C18H19ClFNO2/c1-4-16(12-5-8-17(23-3)11(2)9-12)21-18(22)14-7-6-13(19)10-15(14)20/h5-10,16H,4H2,1-3H3,(H,21,22)/t16-/m0/s1. The smallest absolute Gasteiger partial charge is 0.254 e. The summed E-state index contributed by atoms with van der Waals surface area (Å²) in [6, 6.07) is 9.54. The quantitative estimate of drug-likeness (QED) is 0.861. The molecule has 0 saturated heterocycles. The van der Waals surface area contributed by atoms with Crippen molar-refractivity contribution >= 4 is 17.5 Å². The van der Waals surface area contributed by atoms with Gasteiger partial charge in [0.1, 0.15) is 11.6 Å². The number of rotatable bonds is 5. The Hall–Kier alpha value is -2.07. The molecule has 2 aromatic carbocycles. The molecule has 0 saturated carbocycles. The third-order valence-electron chi connectivity index (χ3n) is 3.71. The first-order valence-electron chi connectivity index (χ1n) is 7.36. The van der Waals surface area contributed by atoms with E-state index in [9.17, 15) is 9.18 Å². The maximum atomic E-state index is 13.9. The van der Waals surface area contributed by atoms with E-state index in [1.165, 1.54) is 12.1 Å². The molecule has 0 spiro atoms. The summed E-state index contributed by atoms with van der Waals surface area (Å²) in [4.78, 5) is 12.3. The number of hydrogen-bond acceptors (Lipinski definition) is 2. The van der Waals surface area contributed by atoms with Gasteiger partial charge in [-0.25, -0.2) is 4.39 Å². The highest BCUT2D eigenvalue weighted by Crippen LogP contribution is 2.25. The molecule has 0 unspecified atom stereocenters. The van der Waals surface area contributed by atoms with E-state index in [0.29, 0.717) is 6.42 Å². The fraction of sp³-hybridized carbons (Fsp3) is 0.278. The lowest BCUT2D eigenvalue weighted by atomic mass is 10.0. The zero-order chi connectivity index (χ0) is 17.0. The highest BCUT2D eigenvalue weighted by Gasteiger charge is 2.18. The van der Waals surface area contributed by atoms with Gasteiger partial charge in [0.25, 0.3) is 5.91 Å². The van der Waals surface area contributed by atoms with Crippen molar-refractivity contribution in [1.29, 1.82) is 0 Å². The lowest BCUT2D eigenvalue weighted by Gasteiger charge is -2.19. The molecule has 0 bridgehead atoms. The van der Waals surface area contributed by atoms with Gasteiger partial charge in [-0.15, -0.1) is 0 Å². The molecule has 0 aliphatic rings. The van der Waals surface area contributed by atoms with Crippen molar-refractivity contribution in [2.75, 3.05) is 7.11 Å². The minimum absolute atomic E-state index is 0.0157. The van der Waals surface area contributed by atoms with Crippen LogP contribution < -0.4 is 10.1 Å². The van der Waals surface area contributed by atoms with Crippen molar-refractivity contribution in [3.8, 4) is 5.75 Å². The summed E-state index contributed by atoms with van der Waals surface area (Å²) in [5.74, 6) is -0.297. The van der Waals surface area contributed by atoms with Gasteiger partial charge in [0.05, 0.1) is 18.7 Å². The van der Waals surface area contributed by atoms with Crippen molar-refractivity contribution in [2.24, 2.45) is 0 Å². The molecule has 2 aromatic rings. The zero-order valence-electron chi connectivity index (χ0n) is 13.3. The summed E-state index contributed by atoms with van der Waals surface area (Å²) in [6.07, 6.45) is 0.687. The second-order valence-electron chi connectivity index (χ2n) is 5.29. The molecular formula is C18H19ClFNO2. The number of halogens is 2. The molecule has 1 atom stereocenters. The van der Waals surface area contributed by atoms with Gasteiger partial charge in [0.2, 0.25) is 0 Å². The number of aryl methyl sites for hydroxylation is 1. The summed E-state index contributed by atoms with van der Waals surface area (Å²) < 4.78 is 19.1. The van der Waals surface area contributed by atoms with E-state index in [1.807, 2.05) is 32.0 Å². The molecule has 5 heteroatoms. The summed E-state index contributed by atoms with van der Waals surface area (Å²) in [7, 11) is 1.62. The third kappa shape index (κ3) is 4.02. The van der Waals surface area contributed by atoms with Gasteiger partial charge in [-0.3, -0.25) is 4.79 Å². The summed E-state index contributed by atoms with van der Waals surface area (Å²) in [5, 5.41) is 3.12.